The zero-order chi connectivity index (χ0) is 15.5. The Morgan fingerprint density at radius 2 is 1.45 bits per heavy atom. The van der Waals surface area contributed by atoms with Crippen LogP contribution in [0.25, 0.3) is 0 Å². The van der Waals surface area contributed by atoms with E-state index in [1.807, 2.05) is 33.1 Å². The van der Waals surface area contributed by atoms with E-state index < -0.39 is 6.04 Å². The number of amides is 1. The number of carbonyl (C=O) groups is 1. The molecule has 1 unspecified atom stereocenters. The summed E-state index contributed by atoms with van der Waals surface area (Å²) in [4.78, 5) is 18.4. The molecule has 6 nitrogen and oxygen atoms in total. The molecule has 0 fully saturated rings. The van der Waals surface area contributed by atoms with Gasteiger partial charge in [-0.1, -0.05) is 0 Å². The van der Waals surface area contributed by atoms with Gasteiger partial charge in [0.25, 0.3) is 0 Å². The average molecular weight is 288 g/mol. The van der Waals surface area contributed by atoms with Crippen molar-refractivity contribution in [3.8, 4) is 0 Å². The molecule has 0 bridgehead atoms. The number of rotatable bonds is 11. The van der Waals surface area contributed by atoms with Crippen LogP contribution in [0.5, 0.6) is 0 Å². The zero-order valence-corrected chi connectivity index (χ0v) is 13.8. The minimum Gasteiger partial charge on any atom is -0.383 e. The number of carbonyl (C=O) groups excluding carboxylic acids is 1. The van der Waals surface area contributed by atoms with Gasteiger partial charge in [-0.2, -0.15) is 0 Å². The van der Waals surface area contributed by atoms with Crippen molar-refractivity contribution in [1.29, 1.82) is 0 Å². The minimum absolute atomic E-state index is 0.00985. The fourth-order valence-electron chi connectivity index (χ4n) is 1.97. The third-order valence-electron chi connectivity index (χ3n) is 3.04. The molecular weight excluding hydrogens is 256 g/mol. The highest BCUT2D eigenvalue weighted by Crippen LogP contribution is 2.00. The van der Waals surface area contributed by atoms with E-state index in [4.69, 9.17) is 10.5 Å². The number of hydrogen-bond donors (Lipinski definition) is 1. The summed E-state index contributed by atoms with van der Waals surface area (Å²) in [5.41, 5.74) is 5.85. The van der Waals surface area contributed by atoms with Gasteiger partial charge in [0.05, 0.1) is 6.61 Å². The van der Waals surface area contributed by atoms with Gasteiger partial charge in [0.1, 0.15) is 6.04 Å². The molecule has 2 N–H and O–H groups in total. The van der Waals surface area contributed by atoms with Gasteiger partial charge in [-0.3, -0.25) is 4.79 Å². The molecule has 1 amide bonds. The Morgan fingerprint density at radius 3 is 1.80 bits per heavy atom. The van der Waals surface area contributed by atoms with E-state index in [1.165, 1.54) is 0 Å². The summed E-state index contributed by atoms with van der Waals surface area (Å²) in [7, 11) is 9.71. The maximum Gasteiger partial charge on any atom is 0.241 e. The molecule has 0 aliphatic rings. The molecule has 6 heteroatoms. The lowest BCUT2D eigenvalue weighted by molar-refractivity contribution is -0.134. The Kier molecular flexibility index (Phi) is 10.6. The van der Waals surface area contributed by atoms with Crippen LogP contribution in [0.2, 0.25) is 0 Å². The topological polar surface area (TPSA) is 62.0 Å². The summed E-state index contributed by atoms with van der Waals surface area (Å²) < 4.78 is 4.97. The second-order valence-corrected chi connectivity index (χ2v) is 5.70. The van der Waals surface area contributed by atoms with E-state index in [-0.39, 0.29) is 12.5 Å². The molecule has 0 spiro atoms. The Labute approximate surface area is 123 Å². The van der Waals surface area contributed by atoms with Crippen molar-refractivity contribution in [3.63, 3.8) is 0 Å². The first-order valence-electron chi connectivity index (χ1n) is 7.21. The van der Waals surface area contributed by atoms with Gasteiger partial charge in [0.15, 0.2) is 0 Å². The SMILES string of the molecule is COCC(N)C(=O)N(CCCN(C)C)CCCN(C)C. The van der Waals surface area contributed by atoms with Crippen molar-refractivity contribution >= 4 is 5.91 Å². The number of nitrogens with two attached hydrogens (primary N) is 1. The molecule has 0 heterocycles. The second kappa shape index (κ2) is 11.0. The third-order valence-corrected chi connectivity index (χ3v) is 3.04. The van der Waals surface area contributed by atoms with Crippen molar-refractivity contribution in [2.45, 2.75) is 18.9 Å². The van der Waals surface area contributed by atoms with Gasteiger partial charge in [0, 0.05) is 20.2 Å². The number of nitrogens with zero attached hydrogens (tertiary/aromatic N) is 3. The largest absolute Gasteiger partial charge is 0.383 e. The van der Waals surface area contributed by atoms with Gasteiger partial charge in [-0.05, 0) is 54.1 Å². The molecule has 0 saturated carbocycles. The van der Waals surface area contributed by atoms with E-state index >= 15 is 0 Å². The molecule has 0 aliphatic heterocycles. The molecule has 20 heavy (non-hydrogen) atoms. The lowest BCUT2D eigenvalue weighted by Gasteiger charge is -2.26. The maximum atomic E-state index is 12.3. The first kappa shape index (κ1) is 19.3. The second-order valence-electron chi connectivity index (χ2n) is 5.70. The summed E-state index contributed by atoms with van der Waals surface area (Å²) in [5.74, 6) is -0.00985. The zero-order valence-electron chi connectivity index (χ0n) is 13.8. The van der Waals surface area contributed by atoms with Crippen LogP contribution in [-0.2, 0) is 9.53 Å². The van der Waals surface area contributed by atoms with E-state index in [0.717, 1.165) is 39.0 Å². The van der Waals surface area contributed by atoms with Crippen molar-refractivity contribution in [2.75, 3.05) is 68.1 Å². The van der Waals surface area contributed by atoms with E-state index in [0.29, 0.717) is 0 Å². The van der Waals surface area contributed by atoms with Crippen molar-refractivity contribution in [2.24, 2.45) is 5.73 Å². The van der Waals surface area contributed by atoms with Crippen LogP contribution in [0.1, 0.15) is 12.8 Å². The van der Waals surface area contributed by atoms with Crippen LogP contribution in [0.4, 0.5) is 0 Å². The lowest BCUT2D eigenvalue weighted by Crippen LogP contribution is -2.47. The van der Waals surface area contributed by atoms with E-state index in [2.05, 4.69) is 9.80 Å². The molecular formula is C14H32N4O2. The molecule has 0 radical (unpaired) electrons. The van der Waals surface area contributed by atoms with Gasteiger partial charge in [-0.25, -0.2) is 0 Å². The van der Waals surface area contributed by atoms with Crippen LogP contribution < -0.4 is 5.73 Å². The third kappa shape index (κ3) is 9.25. The van der Waals surface area contributed by atoms with Gasteiger partial charge in [-0.15, -0.1) is 0 Å². The van der Waals surface area contributed by atoms with Crippen LogP contribution in [0.15, 0.2) is 0 Å². The van der Waals surface area contributed by atoms with Crippen molar-refractivity contribution < 1.29 is 9.53 Å². The quantitative estimate of drug-likeness (QED) is 0.565. The Hall–Kier alpha value is -0.690. The summed E-state index contributed by atoms with van der Waals surface area (Å²) in [6.45, 7) is 3.72. The van der Waals surface area contributed by atoms with Crippen LogP contribution in [0, 0.1) is 0 Å². The highest BCUT2D eigenvalue weighted by atomic mass is 16.5. The molecule has 0 aliphatic carbocycles. The predicted molar refractivity (Wildman–Crippen MR) is 82.8 cm³/mol. The summed E-state index contributed by atoms with van der Waals surface area (Å²) in [5, 5.41) is 0. The van der Waals surface area contributed by atoms with Crippen molar-refractivity contribution in [1.82, 2.24) is 14.7 Å². The smallest absolute Gasteiger partial charge is 0.241 e. The molecule has 0 aromatic carbocycles. The van der Waals surface area contributed by atoms with E-state index in [9.17, 15) is 4.79 Å². The lowest BCUT2D eigenvalue weighted by atomic mass is 10.2. The standard InChI is InChI=1S/C14H32N4O2/c1-16(2)8-6-10-18(11-7-9-17(3)4)14(19)13(15)12-20-5/h13H,6-12,15H2,1-5H3. The molecule has 0 aromatic rings. The van der Waals surface area contributed by atoms with Crippen molar-refractivity contribution in [3.05, 3.63) is 0 Å². The summed E-state index contributed by atoms with van der Waals surface area (Å²) in [6.07, 6.45) is 1.92. The van der Waals surface area contributed by atoms with Crippen LogP contribution in [0.3, 0.4) is 0 Å². The highest BCUT2D eigenvalue weighted by Gasteiger charge is 2.20. The van der Waals surface area contributed by atoms with Gasteiger partial charge in [0.2, 0.25) is 5.91 Å². The molecule has 0 saturated heterocycles. The van der Waals surface area contributed by atoms with Gasteiger partial charge >= 0.3 is 0 Å². The molecule has 0 rings (SSSR count). The van der Waals surface area contributed by atoms with Crippen LogP contribution >= 0.6 is 0 Å². The van der Waals surface area contributed by atoms with E-state index in [1.54, 1.807) is 7.11 Å². The monoisotopic (exact) mass is 288 g/mol. The molecule has 0 aromatic heterocycles. The predicted octanol–water partition coefficient (Wildman–Crippen LogP) is -0.308. The first-order chi connectivity index (χ1) is 9.38. The highest BCUT2D eigenvalue weighted by molar-refractivity contribution is 5.81. The first-order valence-corrected chi connectivity index (χ1v) is 7.21. The number of ether oxygens (including phenoxy) is 1. The Bertz CT molecular complexity index is 246. The summed E-state index contributed by atoms with van der Waals surface area (Å²) >= 11 is 0. The fraction of sp³-hybridized carbons (Fsp3) is 0.929. The number of methoxy groups -OCH3 is 1. The number of hydrogen-bond acceptors (Lipinski definition) is 5. The Morgan fingerprint density at radius 1 is 1.00 bits per heavy atom. The normalized spacial score (nSPS) is 13.0. The minimum atomic E-state index is -0.557. The fourth-order valence-corrected chi connectivity index (χ4v) is 1.97. The average Bonchev–Trinajstić information content (AvgIpc) is 2.35. The van der Waals surface area contributed by atoms with Crippen LogP contribution in [-0.4, -0.2) is 94.7 Å². The summed E-state index contributed by atoms with van der Waals surface area (Å²) in [6, 6.07) is -0.557. The Balaban J connectivity index is 4.32. The molecule has 1 atom stereocenters. The molecule has 120 valence electrons. The van der Waals surface area contributed by atoms with Gasteiger partial charge < -0.3 is 25.2 Å². The maximum absolute atomic E-state index is 12.3.